The van der Waals surface area contributed by atoms with Crippen molar-refractivity contribution in [3.63, 3.8) is 0 Å². The van der Waals surface area contributed by atoms with Crippen molar-refractivity contribution in [2.45, 2.75) is 45.6 Å². The number of methoxy groups -OCH3 is 1. The molecule has 1 aromatic heterocycles. The number of ketones is 1. The lowest BCUT2D eigenvalue weighted by molar-refractivity contribution is -0.686. The fourth-order valence-electron chi connectivity index (χ4n) is 5.42. The van der Waals surface area contributed by atoms with Crippen LogP contribution in [0.2, 0.25) is 0 Å². The summed E-state index contributed by atoms with van der Waals surface area (Å²) in [6.45, 7) is 9.44. The first kappa shape index (κ1) is 23.8. The van der Waals surface area contributed by atoms with Crippen molar-refractivity contribution in [3.8, 4) is 11.6 Å². The van der Waals surface area contributed by atoms with Crippen molar-refractivity contribution < 1.29 is 23.6 Å². The lowest BCUT2D eigenvalue weighted by Gasteiger charge is -2.37. The number of anilines is 1. The summed E-state index contributed by atoms with van der Waals surface area (Å²) in [7, 11) is 1.65. The van der Waals surface area contributed by atoms with E-state index in [9.17, 15) is 4.79 Å². The Bertz CT molecular complexity index is 1140. The first-order valence-electron chi connectivity index (χ1n) is 12.4. The Morgan fingerprint density at radius 3 is 2.66 bits per heavy atom. The van der Waals surface area contributed by atoms with E-state index in [0.29, 0.717) is 30.1 Å². The molecule has 0 saturated carbocycles. The van der Waals surface area contributed by atoms with Crippen LogP contribution >= 0.6 is 0 Å². The summed E-state index contributed by atoms with van der Waals surface area (Å²) in [5.74, 6) is 2.38. The highest BCUT2D eigenvalue weighted by Gasteiger charge is 2.45. The zero-order valence-electron chi connectivity index (χ0n) is 20.9. The minimum Gasteiger partial charge on any atom is -0.497 e. The molecule has 0 amide bonds. The highest BCUT2D eigenvalue weighted by molar-refractivity contribution is 6.00. The summed E-state index contributed by atoms with van der Waals surface area (Å²) in [5.41, 5.74) is 9.09. The van der Waals surface area contributed by atoms with Crippen LogP contribution < -0.4 is 19.8 Å². The molecular weight excluding hydrogens is 444 g/mol. The normalized spacial score (nSPS) is 21.8. The Morgan fingerprint density at radius 2 is 1.94 bits per heavy atom. The fraction of sp³-hybridized carbons (Fsp3) is 0.519. The lowest BCUT2D eigenvalue weighted by atomic mass is 9.70. The number of fused-ring (bicyclic) bond motifs is 1. The predicted molar refractivity (Wildman–Crippen MR) is 131 cm³/mol. The van der Waals surface area contributed by atoms with E-state index in [1.54, 1.807) is 13.4 Å². The number of nitrogen functional groups attached to an aromatic ring is 1. The number of aromatic nitrogens is 2. The summed E-state index contributed by atoms with van der Waals surface area (Å²) in [4.78, 5) is 20.5. The molecule has 2 N–H and O–H groups in total. The molecule has 186 valence electrons. The van der Waals surface area contributed by atoms with Crippen molar-refractivity contribution in [1.29, 1.82) is 0 Å². The highest BCUT2D eigenvalue weighted by Crippen LogP contribution is 2.50. The van der Waals surface area contributed by atoms with Crippen molar-refractivity contribution in [3.05, 3.63) is 53.1 Å². The maximum Gasteiger partial charge on any atom is 0.305 e. The van der Waals surface area contributed by atoms with E-state index in [0.717, 1.165) is 68.4 Å². The van der Waals surface area contributed by atoms with E-state index >= 15 is 0 Å². The number of morpholine rings is 1. The molecule has 0 unspecified atom stereocenters. The number of allylic oxidation sites excluding steroid dienone is 2. The van der Waals surface area contributed by atoms with E-state index in [2.05, 4.69) is 23.7 Å². The average Bonchev–Trinajstić information content (AvgIpc) is 2.84. The first-order chi connectivity index (χ1) is 16.9. The Morgan fingerprint density at radius 1 is 1.20 bits per heavy atom. The van der Waals surface area contributed by atoms with Gasteiger partial charge in [-0.25, -0.2) is 4.57 Å². The van der Waals surface area contributed by atoms with Gasteiger partial charge in [0.05, 0.1) is 32.8 Å². The molecule has 3 aliphatic rings. The van der Waals surface area contributed by atoms with Gasteiger partial charge in [0, 0.05) is 38.0 Å². The molecule has 0 spiro atoms. The number of hydrogen-bond donors (Lipinski definition) is 1. The maximum absolute atomic E-state index is 13.5. The molecule has 1 saturated heterocycles. The minimum atomic E-state index is -0.317. The number of Topliss-reactive ketones (excluding diaryl/α,β-unsaturated/α-hetero) is 1. The molecule has 1 aromatic carbocycles. The number of hydrogen-bond acceptors (Lipinski definition) is 7. The van der Waals surface area contributed by atoms with Gasteiger partial charge in [0.1, 0.15) is 17.1 Å². The standard InChI is InChI=1S/C27H34N4O4/c1-27(2)15-20(32)23-21(16-27)35-26-24(22(23)18-5-7-19(33-3)8-6-18)25(28)31(17-29-26)10-4-9-30-11-13-34-14-12-30/h5-8,17,22,28H,4,9-16H2,1-3H3/p+1/t22-/m0/s1. The van der Waals surface area contributed by atoms with Crippen LogP contribution in [0.4, 0.5) is 5.82 Å². The van der Waals surface area contributed by atoms with Crippen LogP contribution in [0.5, 0.6) is 11.6 Å². The van der Waals surface area contributed by atoms with E-state index in [-0.39, 0.29) is 17.1 Å². The third kappa shape index (κ3) is 4.77. The third-order valence-corrected chi connectivity index (χ3v) is 7.23. The second kappa shape index (κ2) is 9.59. The fourth-order valence-corrected chi connectivity index (χ4v) is 5.42. The SMILES string of the molecule is COc1ccc([C@H]2C3=C(CC(C)(C)CC3=O)Oc3nc[n+](CCCN4CCOCC4)c(N)c32)cc1. The first-order valence-corrected chi connectivity index (χ1v) is 12.4. The van der Waals surface area contributed by atoms with Crippen molar-refractivity contribution in [1.82, 2.24) is 9.88 Å². The molecule has 0 radical (unpaired) electrons. The molecule has 1 aliphatic carbocycles. The molecule has 8 heteroatoms. The smallest absolute Gasteiger partial charge is 0.305 e. The van der Waals surface area contributed by atoms with Crippen molar-refractivity contribution in [2.75, 3.05) is 45.7 Å². The molecule has 2 aliphatic heterocycles. The lowest BCUT2D eigenvalue weighted by Crippen LogP contribution is -2.43. The molecule has 0 bridgehead atoms. The topological polar surface area (TPSA) is 90.8 Å². The summed E-state index contributed by atoms with van der Waals surface area (Å²) in [6, 6.07) is 7.85. The number of nitrogens with zero attached hydrogens (tertiary/aromatic N) is 3. The van der Waals surface area contributed by atoms with Crippen LogP contribution in [0.25, 0.3) is 0 Å². The Hall–Kier alpha value is -2.97. The zero-order valence-corrected chi connectivity index (χ0v) is 20.9. The van der Waals surface area contributed by atoms with Crippen LogP contribution in [-0.2, 0) is 16.1 Å². The van der Waals surface area contributed by atoms with Gasteiger partial charge in [0.2, 0.25) is 12.1 Å². The van der Waals surface area contributed by atoms with Crippen molar-refractivity contribution >= 4 is 11.6 Å². The van der Waals surface area contributed by atoms with Crippen LogP contribution in [-0.4, -0.2) is 55.6 Å². The molecule has 5 rings (SSSR count). The summed E-state index contributed by atoms with van der Waals surface area (Å²) < 4.78 is 19.1. The molecule has 2 aromatic rings. The van der Waals surface area contributed by atoms with Gasteiger partial charge in [-0.1, -0.05) is 31.0 Å². The summed E-state index contributed by atoms with van der Waals surface area (Å²) in [6.07, 6.45) is 3.89. The van der Waals surface area contributed by atoms with Gasteiger partial charge in [-0.15, -0.1) is 0 Å². The minimum absolute atomic E-state index is 0.116. The molecule has 1 atom stereocenters. The van der Waals surface area contributed by atoms with E-state index in [1.165, 1.54) is 0 Å². The second-order valence-electron chi connectivity index (χ2n) is 10.4. The average molecular weight is 480 g/mol. The Kier molecular flexibility index (Phi) is 6.51. The number of benzene rings is 1. The molecule has 35 heavy (non-hydrogen) atoms. The number of aryl methyl sites for hydroxylation is 1. The van der Waals surface area contributed by atoms with Gasteiger partial charge in [-0.2, -0.15) is 0 Å². The molecule has 1 fully saturated rings. The van der Waals surface area contributed by atoms with Gasteiger partial charge < -0.3 is 19.9 Å². The van der Waals surface area contributed by atoms with Gasteiger partial charge >= 0.3 is 5.88 Å². The van der Waals surface area contributed by atoms with E-state index < -0.39 is 0 Å². The zero-order chi connectivity index (χ0) is 24.6. The second-order valence-corrected chi connectivity index (χ2v) is 10.4. The summed E-state index contributed by atoms with van der Waals surface area (Å²) >= 11 is 0. The summed E-state index contributed by atoms with van der Waals surface area (Å²) in [5, 5.41) is 0. The highest BCUT2D eigenvalue weighted by atomic mass is 16.5. The van der Waals surface area contributed by atoms with E-state index in [4.69, 9.17) is 19.9 Å². The number of carbonyl (C=O) groups is 1. The quantitative estimate of drug-likeness (QED) is 0.637. The molecule has 3 heterocycles. The van der Waals surface area contributed by atoms with Gasteiger partial charge in [-0.05, 0) is 29.5 Å². The predicted octanol–water partition coefficient (Wildman–Crippen LogP) is 2.85. The van der Waals surface area contributed by atoms with Crippen LogP contribution in [0.1, 0.15) is 50.2 Å². The van der Waals surface area contributed by atoms with E-state index in [1.807, 2.05) is 28.8 Å². The largest absolute Gasteiger partial charge is 0.497 e. The van der Waals surface area contributed by atoms with Crippen LogP contribution in [0.3, 0.4) is 0 Å². The number of nitrogens with two attached hydrogens (primary N) is 1. The maximum atomic E-state index is 13.5. The number of ether oxygens (including phenoxy) is 3. The third-order valence-electron chi connectivity index (χ3n) is 7.23. The van der Waals surface area contributed by atoms with Crippen LogP contribution in [0, 0.1) is 5.41 Å². The van der Waals surface area contributed by atoms with Gasteiger partial charge in [-0.3, -0.25) is 9.69 Å². The molecule has 8 nitrogen and oxygen atoms in total. The molecular formula is C27H35N4O4+. The van der Waals surface area contributed by atoms with Gasteiger partial charge in [0.25, 0.3) is 0 Å². The van der Waals surface area contributed by atoms with Crippen LogP contribution in [0.15, 0.2) is 41.9 Å². The Balaban J connectivity index is 1.50. The number of rotatable bonds is 6. The monoisotopic (exact) mass is 479 g/mol. The Labute approximate surface area is 206 Å². The van der Waals surface area contributed by atoms with Crippen molar-refractivity contribution in [2.24, 2.45) is 5.41 Å². The number of carbonyl (C=O) groups excluding carboxylic acids is 1. The van der Waals surface area contributed by atoms with Gasteiger partial charge in [0.15, 0.2) is 5.78 Å².